The number of rotatable bonds is 1. The Bertz CT molecular complexity index is 2830. The molecule has 7 aromatic carbocycles. The Kier molecular flexibility index (Phi) is 5.06. The Morgan fingerprint density at radius 3 is 2.02 bits per heavy atom. The minimum absolute atomic E-state index is 0.174. The molecule has 1 aliphatic carbocycles. The first-order chi connectivity index (χ1) is 23.6. The van der Waals surface area contributed by atoms with Gasteiger partial charge in [0.15, 0.2) is 0 Å². The summed E-state index contributed by atoms with van der Waals surface area (Å²) in [7, 11) is 0. The molecular weight excluding hydrogens is 599 g/mol. The lowest BCUT2D eigenvalue weighted by atomic mass is 9.53. The molecule has 0 radical (unpaired) electrons. The van der Waals surface area contributed by atoms with Gasteiger partial charge in [0.2, 0.25) is 0 Å². The van der Waals surface area contributed by atoms with E-state index in [1.165, 1.54) is 92.2 Å². The van der Waals surface area contributed by atoms with Gasteiger partial charge in [0.1, 0.15) is 0 Å². The van der Waals surface area contributed by atoms with Crippen LogP contribution in [0.15, 0.2) is 152 Å². The van der Waals surface area contributed by atoms with Crippen LogP contribution in [0.5, 0.6) is 0 Å². The van der Waals surface area contributed by atoms with Gasteiger partial charge < -0.3 is 4.57 Å². The Labute approximate surface area is 283 Å². The fraction of sp³-hybridized carbons (Fsp3) is 0.0870. The van der Waals surface area contributed by atoms with Crippen molar-refractivity contribution in [3.63, 3.8) is 0 Å². The summed E-state index contributed by atoms with van der Waals surface area (Å²) in [4.78, 5) is 0. The quantitative estimate of drug-likeness (QED) is 0.170. The topological polar surface area (TPSA) is 4.93 Å². The zero-order valence-corrected chi connectivity index (χ0v) is 27.6. The molecule has 1 nitrogen and oxygen atoms in total. The molecule has 9 aromatic rings. The van der Waals surface area contributed by atoms with Crippen molar-refractivity contribution in [3.05, 3.63) is 185 Å². The third kappa shape index (κ3) is 3.08. The minimum Gasteiger partial charge on any atom is -0.309 e. The lowest BCUT2D eigenvalue weighted by Crippen LogP contribution is -2.44. The summed E-state index contributed by atoms with van der Waals surface area (Å²) < 4.78 is 5.23. The summed E-state index contributed by atoms with van der Waals surface area (Å²) in [5.74, 6) is 0. The maximum atomic E-state index is 2.56. The summed E-state index contributed by atoms with van der Waals surface area (Å²) in [5, 5.41) is 5.29. The van der Waals surface area contributed by atoms with Gasteiger partial charge in [-0.15, -0.1) is 11.3 Å². The average molecular weight is 630 g/mol. The molecule has 2 aromatic heterocycles. The van der Waals surface area contributed by atoms with Crippen LogP contribution >= 0.6 is 11.3 Å². The van der Waals surface area contributed by atoms with Gasteiger partial charge >= 0.3 is 0 Å². The Morgan fingerprint density at radius 1 is 0.479 bits per heavy atom. The largest absolute Gasteiger partial charge is 0.309 e. The molecular formula is C46H31NS. The highest BCUT2D eigenvalue weighted by molar-refractivity contribution is 7.26. The van der Waals surface area contributed by atoms with E-state index in [0.29, 0.717) is 0 Å². The van der Waals surface area contributed by atoms with Crippen LogP contribution in [0.2, 0.25) is 0 Å². The van der Waals surface area contributed by atoms with E-state index in [9.17, 15) is 0 Å². The van der Waals surface area contributed by atoms with Gasteiger partial charge in [-0.2, -0.15) is 0 Å². The van der Waals surface area contributed by atoms with Gasteiger partial charge in [0, 0.05) is 36.4 Å². The number of thiophene rings is 1. The van der Waals surface area contributed by atoms with Gasteiger partial charge in [0.05, 0.1) is 22.1 Å². The number of hydrogen-bond acceptors (Lipinski definition) is 1. The van der Waals surface area contributed by atoms with E-state index in [2.05, 4.69) is 170 Å². The highest BCUT2D eigenvalue weighted by Crippen LogP contribution is 2.61. The summed E-state index contributed by atoms with van der Waals surface area (Å²) in [6, 6.07) is 57.4. The van der Waals surface area contributed by atoms with E-state index >= 15 is 0 Å². The Hall–Kier alpha value is -5.44. The van der Waals surface area contributed by atoms with Crippen LogP contribution < -0.4 is 0 Å². The van der Waals surface area contributed by atoms with E-state index in [4.69, 9.17) is 0 Å². The molecule has 1 spiro atoms. The van der Waals surface area contributed by atoms with Gasteiger partial charge in [-0.05, 0) is 68.8 Å². The molecule has 1 atom stereocenters. The van der Waals surface area contributed by atoms with E-state index in [-0.39, 0.29) is 5.41 Å². The Morgan fingerprint density at radius 2 is 1.12 bits per heavy atom. The maximum absolute atomic E-state index is 2.56. The van der Waals surface area contributed by atoms with Gasteiger partial charge in [-0.1, -0.05) is 141 Å². The molecule has 1 aliphatic heterocycles. The molecule has 0 saturated heterocycles. The van der Waals surface area contributed by atoms with Crippen LogP contribution in [-0.4, -0.2) is 4.57 Å². The SMILES string of the molecule is CC1(C)c2ccccc2C2(c3ccccc3-n3c4ccccc4c4cccc2c43)c2cc(-c3cccc4c3sc3ccccc34)ccc21. The molecule has 0 fully saturated rings. The van der Waals surface area contributed by atoms with Crippen molar-refractivity contribution in [2.24, 2.45) is 0 Å². The molecule has 3 heterocycles. The number of para-hydroxylation sites is 3. The maximum Gasteiger partial charge on any atom is 0.0748 e. The molecule has 2 heteroatoms. The monoisotopic (exact) mass is 629 g/mol. The van der Waals surface area contributed by atoms with Crippen LogP contribution in [-0.2, 0) is 10.8 Å². The highest BCUT2D eigenvalue weighted by Gasteiger charge is 2.52. The molecule has 226 valence electrons. The number of benzene rings is 7. The Balaban J connectivity index is 1.33. The number of hydrogen-bond donors (Lipinski definition) is 0. The van der Waals surface area contributed by atoms with Crippen molar-refractivity contribution in [2.75, 3.05) is 0 Å². The average Bonchev–Trinajstić information content (AvgIpc) is 3.69. The zero-order chi connectivity index (χ0) is 31.8. The second-order valence-electron chi connectivity index (χ2n) is 14.0. The van der Waals surface area contributed by atoms with E-state index < -0.39 is 5.41 Å². The van der Waals surface area contributed by atoms with Crippen LogP contribution in [0, 0.1) is 0 Å². The first-order valence-electron chi connectivity index (χ1n) is 16.9. The van der Waals surface area contributed by atoms with Crippen LogP contribution in [0.4, 0.5) is 0 Å². The first kappa shape index (κ1) is 26.6. The van der Waals surface area contributed by atoms with E-state index in [1.54, 1.807) is 0 Å². The molecule has 0 saturated carbocycles. The van der Waals surface area contributed by atoms with Crippen molar-refractivity contribution >= 4 is 53.3 Å². The third-order valence-electron chi connectivity index (χ3n) is 11.5. The molecule has 2 aliphatic rings. The minimum atomic E-state index is -0.494. The highest BCUT2D eigenvalue weighted by atomic mass is 32.1. The smallest absolute Gasteiger partial charge is 0.0748 e. The summed E-state index contributed by atoms with van der Waals surface area (Å²) >= 11 is 1.91. The van der Waals surface area contributed by atoms with Crippen molar-refractivity contribution in [1.29, 1.82) is 0 Å². The first-order valence-corrected chi connectivity index (χ1v) is 17.7. The fourth-order valence-electron chi connectivity index (χ4n) is 9.47. The molecule has 0 amide bonds. The van der Waals surface area contributed by atoms with Gasteiger partial charge in [-0.3, -0.25) is 0 Å². The number of fused-ring (bicyclic) bond motifs is 14. The fourth-order valence-corrected chi connectivity index (χ4v) is 10.7. The van der Waals surface area contributed by atoms with Crippen molar-refractivity contribution in [1.82, 2.24) is 4.57 Å². The second-order valence-corrected chi connectivity index (χ2v) is 15.1. The third-order valence-corrected chi connectivity index (χ3v) is 12.7. The molecule has 11 rings (SSSR count). The van der Waals surface area contributed by atoms with Gasteiger partial charge in [0.25, 0.3) is 0 Å². The standard InChI is InChI=1S/C46H31NS/c1-45(2)34-18-5-6-19-36(34)46(37-20-7-9-23-41(37)47-40-22-8-3-13-30(40)32-16-12-21-38(46)43(32)47)39-27-28(25-26-35(39)45)29-15-11-17-33-31-14-4-10-24-42(31)48-44(29)33/h3-27H,1-2H3. The molecule has 1 unspecified atom stereocenters. The number of aromatic nitrogens is 1. The normalized spacial score (nSPS) is 17.2. The molecule has 0 bridgehead atoms. The van der Waals surface area contributed by atoms with Crippen molar-refractivity contribution in [3.8, 4) is 16.8 Å². The van der Waals surface area contributed by atoms with Crippen molar-refractivity contribution in [2.45, 2.75) is 24.7 Å². The van der Waals surface area contributed by atoms with Crippen molar-refractivity contribution < 1.29 is 0 Å². The van der Waals surface area contributed by atoms with Crippen LogP contribution in [0.3, 0.4) is 0 Å². The van der Waals surface area contributed by atoms with E-state index in [0.717, 1.165) is 0 Å². The van der Waals surface area contributed by atoms with Crippen LogP contribution in [0.25, 0.3) is 58.8 Å². The summed E-state index contributed by atoms with van der Waals surface area (Å²) in [6.07, 6.45) is 0. The predicted octanol–water partition coefficient (Wildman–Crippen LogP) is 12.2. The second kappa shape index (κ2) is 9.13. The lowest BCUT2D eigenvalue weighted by Gasteiger charge is -2.50. The van der Waals surface area contributed by atoms with E-state index in [1.807, 2.05) is 11.3 Å². The predicted molar refractivity (Wildman–Crippen MR) is 203 cm³/mol. The molecule has 48 heavy (non-hydrogen) atoms. The molecule has 0 N–H and O–H groups in total. The summed E-state index contributed by atoms with van der Waals surface area (Å²) in [6.45, 7) is 4.83. The van der Waals surface area contributed by atoms with Crippen LogP contribution in [0.1, 0.15) is 47.2 Å². The summed E-state index contributed by atoms with van der Waals surface area (Å²) in [5.41, 5.74) is 14.0. The number of nitrogens with zero attached hydrogens (tertiary/aromatic N) is 1. The van der Waals surface area contributed by atoms with Gasteiger partial charge in [-0.25, -0.2) is 0 Å². The zero-order valence-electron chi connectivity index (χ0n) is 26.8. The lowest BCUT2D eigenvalue weighted by molar-refractivity contribution is 0.556.